The molecule has 0 aliphatic carbocycles. The molecule has 0 spiro atoms. The number of hydrogen-bond acceptors (Lipinski definition) is 3. The van der Waals surface area contributed by atoms with Crippen molar-refractivity contribution >= 4 is 0 Å². The highest BCUT2D eigenvalue weighted by atomic mass is 19.2. The molecule has 2 rings (SSSR count). The van der Waals surface area contributed by atoms with Crippen LogP contribution in [-0.4, -0.2) is 31.1 Å². The topological polar surface area (TPSA) is 39.1 Å². The molecule has 3 nitrogen and oxygen atoms in total. The maximum atomic E-state index is 13.9. The molecule has 114 valence electrons. The summed E-state index contributed by atoms with van der Waals surface area (Å²) in [6.07, 6.45) is -0.363. The normalized spacial score (nSPS) is 17.5. The molecule has 0 amide bonds. The van der Waals surface area contributed by atoms with Crippen molar-refractivity contribution in [2.45, 2.75) is 12.5 Å². The monoisotopic (exact) mass is 305 g/mol. The van der Waals surface area contributed by atoms with Crippen molar-refractivity contribution < 1.29 is 22.0 Å². The largest absolute Gasteiger partial charge is 0.314 e. The van der Waals surface area contributed by atoms with Crippen molar-refractivity contribution in [2.24, 2.45) is 0 Å². The van der Waals surface area contributed by atoms with Crippen LogP contribution in [0.2, 0.25) is 0 Å². The van der Waals surface area contributed by atoms with Crippen molar-refractivity contribution in [3.63, 3.8) is 0 Å². The van der Waals surface area contributed by atoms with Gasteiger partial charge in [0.2, 0.25) is 5.82 Å². The van der Waals surface area contributed by atoms with E-state index in [1.807, 2.05) is 0 Å². The number of piperazine rings is 1. The quantitative estimate of drug-likeness (QED) is 0.529. The van der Waals surface area contributed by atoms with Crippen molar-refractivity contribution in [1.82, 2.24) is 10.2 Å². The van der Waals surface area contributed by atoms with Gasteiger partial charge in [0.05, 0.1) is 18.5 Å². The summed E-state index contributed by atoms with van der Waals surface area (Å²) in [5.41, 5.74) is -0.935. The van der Waals surface area contributed by atoms with Crippen molar-refractivity contribution in [2.75, 3.05) is 26.2 Å². The summed E-state index contributed by atoms with van der Waals surface area (Å²) >= 11 is 0. The lowest BCUT2D eigenvalue weighted by Crippen LogP contribution is -2.45. The average Bonchev–Trinajstić information content (AvgIpc) is 2.51. The summed E-state index contributed by atoms with van der Waals surface area (Å²) in [6, 6.07) is 0.572. The van der Waals surface area contributed by atoms with Crippen LogP contribution in [0.4, 0.5) is 22.0 Å². The lowest BCUT2D eigenvalue weighted by molar-refractivity contribution is 0.166. The van der Waals surface area contributed by atoms with Crippen LogP contribution in [0.15, 0.2) is 0 Å². The van der Waals surface area contributed by atoms with E-state index in [-0.39, 0.29) is 6.42 Å². The van der Waals surface area contributed by atoms with E-state index in [0.717, 1.165) is 0 Å². The molecular weight excluding hydrogens is 293 g/mol. The van der Waals surface area contributed by atoms with Gasteiger partial charge in [0.15, 0.2) is 23.3 Å². The Labute approximate surface area is 118 Å². The van der Waals surface area contributed by atoms with Crippen LogP contribution in [0.1, 0.15) is 18.0 Å². The molecule has 1 heterocycles. The van der Waals surface area contributed by atoms with E-state index in [9.17, 15) is 22.0 Å². The number of halogens is 5. The number of nitrogens with zero attached hydrogens (tertiary/aromatic N) is 2. The maximum absolute atomic E-state index is 13.9. The fourth-order valence-electron chi connectivity index (χ4n) is 2.41. The Bertz CT molecular complexity index is 549. The average molecular weight is 305 g/mol. The van der Waals surface area contributed by atoms with Gasteiger partial charge in [-0.3, -0.25) is 4.90 Å². The third-order valence-corrected chi connectivity index (χ3v) is 3.45. The minimum Gasteiger partial charge on any atom is -0.314 e. The van der Waals surface area contributed by atoms with Gasteiger partial charge in [0.25, 0.3) is 0 Å². The predicted octanol–water partition coefficient (Wildman–Crippen LogP) is 2.24. The van der Waals surface area contributed by atoms with Crippen molar-refractivity contribution in [3.05, 3.63) is 34.6 Å². The van der Waals surface area contributed by atoms with Crippen LogP contribution in [0.25, 0.3) is 0 Å². The zero-order valence-corrected chi connectivity index (χ0v) is 10.9. The SMILES string of the molecule is N#CC[C@@H](c1c(F)c(F)c(F)c(F)c1F)N1CCNCC1. The van der Waals surface area contributed by atoms with Crippen LogP contribution < -0.4 is 5.32 Å². The first kappa shape index (κ1) is 15.7. The fourth-order valence-corrected chi connectivity index (χ4v) is 2.41. The second-order valence-corrected chi connectivity index (χ2v) is 4.65. The number of rotatable bonds is 3. The Morgan fingerprint density at radius 1 is 0.952 bits per heavy atom. The lowest BCUT2D eigenvalue weighted by Gasteiger charge is -2.34. The predicted molar refractivity (Wildman–Crippen MR) is 63.6 cm³/mol. The Kier molecular flexibility index (Phi) is 4.75. The molecule has 1 N–H and O–H groups in total. The highest BCUT2D eigenvalue weighted by molar-refractivity contribution is 5.28. The second kappa shape index (κ2) is 6.37. The van der Waals surface area contributed by atoms with Gasteiger partial charge in [-0.15, -0.1) is 0 Å². The maximum Gasteiger partial charge on any atom is 0.200 e. The van der Waals surface area contributed by atoms with Crippen LogP contribution in [0, 0.1) is 40.4 Å². The highest BCUT2D eigenvalue weighted by Gasteiger charge is 2.33. The molecule has 21 heavy (non-hydrogen) atoms. The van der Waals surface area contributed by atoms with Gasteiger partial charge in [0.1, 0.15) is 0 Å². The Hall–Kier alpha value is -1.72. The van der Waals surface area contributed by atoms with Crippen molar-refractivity contribution in [1.29, 1.82) is 5.26 Å². The van der Waals surface area contributed by atoms with Crippen LogP contribution in [-0.2, 0) is 0 Å². The number of nitrogens with one attached hydrogen (secondary N) is 1. The van der Waals surface area contributed by atoms with E-state index in [2.05, 4.69) is 5.32 Å². The third-order valence-electron chi connectivity index (χ3n) is 3.45. The lowest BCUT2D eigenvalue weighted by atomic mass is 9.99. The molecule has 0 bridgehead atoms. The van der Waals surface area contributed by atoms with E-state index in [0.29, 0.717) is 26.2 Å². The van der Waals surface area contributed by atoms with E-state index in [4.69, 9.17) is 5.26 Å². The minimum absolute atomic E-state index is 0.353. The first-order valence-electron chi connectivity index (χ1n) is 6.32. The highest BCUT2D eigenvalue weighted by Crippen LogP contribution is 2.33. The van der Waals surface area contributed by atoms with Crippen LogP contribution >= 0.6 is 0 Å². The van der Waals surface area contributed by atoms with Gasteiger partial charge in [-0.2, -0.15) is 5.26 Å². The fraction of sp³-hybridized carbons (Fsp3) is 0.462. The second-order valence-electron chi connectivity index (χ2n) is 4.65. The van der Waals surface area contributed by atoms with E-state index < -0.39 is 40.7 Å². The summed E-state index contributed by atoms with van der Waals surface area (Å²) in [5, 5.41) is 11.8. The molecular formula is C13H12F5N3. The standard InChI is InChI=1S/C13H12F5N3/c14-9-8(10(15)12(17)13(18)11(9)16)7(1-2-19)21-5-3-20-4-6-21/h7,20H,1,3-6H2/t7-/m0/s1. The third kappa shape index (κ3) is 2.84. The van der Waals surface area contributed by atoms with Crippen molar-refractivity contribution in [3.8, 4) is 6.07 Å². The van der Waals surface area contributed by atoms with Gasteiger partial charge in [0, 0.05) is 31.7 Å². The molecule has 1 aliphatic rings. The Morgan fingerprint density at radius 3 is 1.90 bits per heavy atom. The van der Waals surface area contributed by atoms with Gasteiger partial charge in [-0.25, -0.2) is 22.0 Å². The minimum atomic E-state index is -2.19. The number of benzene rings is 1. The molecule has 1 aliphatic heterocycles. The summed E-state index contributed by atoms with van der Waals surface area (Å²) in [7, 11) is 0. The Morgan fingerprint density at radius 2 is 1.43 bits per heavy atom. The molecule has 1 aromatic carbocycles. The first-order chi connectivity index (χ1) is 9.99. The molecule has 1 fully saturated rings. The summed E-state index contributed by atoms with van der Waals surface area (Å²) in [6.45, 7) is 1.73. The smallest absolute Gasteiger partial charge is 0.200 e. The number of nitriles is 1. The molecule has 1 atom stereocenters. The van der Waals surface area contributed by atoms with Gasteiger partial charge < -0.3 is 5.32 Å². The van der Waals surface area contributed by atoms with Crippen LogP contribution in [0.5, 0.6) is 0 Å². The molecule has 0 saturated carbocycles. The summed E-state index contributed by atoms with van der Waals surface area (Å²) in [4.78, 5) is 1.54. The van der Waals surface area contributed by atoms with Gasteiger partial charge >= 0.3 is 0 Å². The zero-order chi connectivity index (χ0) is 15.6. The molecule has 8 heteroatoms. The number of hydrogen-bond donors (Lipinski definition) is 1. The van der Waals surface area contributed by atoms with Gasteiger partial charge in [-0.05, 0) is 0 Å². The Balaban J connectivity index is 2.52. The molecule has 1 saturated heterocycles. The molecule has 0 unspecified atom stereocenters. The van der Waals surface area contributed by atoms with E-state index in [1.54, 1.807) is 6.07 Å². The zero-order valence-electron chi connectivity index (χ0n) is 10.9. The molecule has 0 radical (unpaired) electrons. The molecule has 0 aromatic heterocycles. The molecule has 1 aromatic rings. The van der Waals surface area contributed by atoms with E-state index >= 15 is 0 Å². The first-order valence-corrected chi connectivity index (χ1v) is 6.32. The summed E-state index contributed by atoms with van der Waals surface area (Å²) < 4.78 is 67.4. The van der Waals surface area contributed by atoms with E-state index in [1.165, 1.54) is 4.90 Å². The summed E-state index contributed by atoms with van der Waals surface area (Å²) in [5.74, 6) is -9.90. The van der Waals surface area contributed by atoms with Crippen LogP contribution in [0.3, 0.4) is 0 Å². The van der Waals surface area contributed by atoms with Gasteiger partial charge in [-0.1, -0.05) is 0 Å².